The zero-order chi connectivity index (χ0) is 13.4. The minimum absolute atomic E-state index is 0.0546. The SMILES string of the molecule is CC(=O)CCC(=O)CC(=O)OCc1ccccc1. The molecule has 1 aromatic carbocycles. The van der Waals surface area contributed by atoms with E-state index < -0.39 is 5.97 Å². The molecule has 0 fully saturated rings. The Labute approximate surface area is 106 Å². The second-order valence-corrected chi connectivity index (χ2v) is 4.06. The van der Waals surface area contributed by atoms with E-state index >= 15 is 0 Å². The summed E-state index contributed by atoms with van der Waals surface area (Å²) in [6.07, 6.45) is 0.0285. The second-order valence-electron chi connectivity index (χ2n) is 4.06. The number of rotatable bonds is 7. The molecular formula is C14H16O4. The lowest BCUT2D eigenvalue weighted by atomic mass is 10.1. The van der Waals surface area contributed by atoms with Crippen molar-refractivity contribution in [1.29, 1.82) is 0 Å². The van der Waals surface area contributed by atoms with Crippen LogP contribution in [0.1, 0.15) is 31.7 Å². The van der Waals surface area contributed by atoms with Gasteiger partial charge in [0, 0.05) is 12.8 Å². The monoisotopic (exact) mass is 248 g/mol. The Morgan fingerprint density at radius 2 is 1.72 bits per heavy atom. The third-order valence-electron chi connectivity index (χ3n) is 2.34. The number of carbonyl (C=O) groups is 3. The van der Waals surface area contributed by atoms with Gasteiger partial charge < -0.3 is 9.53 Å². The van der Waals surface area contributed by atoms with Crippen LogP contribution < -0.4 is 0 Å². The molecule has 4 heteroatoms. The Kier molecular flexibility index (Phi) is 5.77. The van der Waals surface area contributed by atoms with Gasteiger partial charge in [-0.3, -0.25) is 9.59 Å². The van der Waals surface area contributed by atoms with Crippen LogP contribution in [0.25, 0.3) is 0 Å². The largest absolute Gasteiger partial charge is 0.460 e. The first kappa shape index (κ1) is 14.1. The first-order valence-corrected chi connectivity index (χ1v) is 5.78. The fraction of sp³-hybridized carbons (Fsp3) is 0.357. The maximum absolute atomic E-state index is 11.3. The Balaban J connectivity index is 2.25. The van der Waals surface area contributed by atoms with E-state index in [1.54, 1.807) is 0 Å². The number of hydrogen-bond donors (Lipinski definition) is 0. The summed E-state index contributed by atoms with van der Waals surface area (Å²) in [6, 6.07) is 9.24. The molecule has 0 saturated carbocycles. The number of benzene rings is 1. The van der Waals surface area contributed by atoms with E-state index in [1.807, 2.05) is 30.3 Å². The van der Waals surface area contributed by atoms with Gasteiger partial charge in [-0.25, -0.2) is 0 Å². The van der Waals surface area contributed by atoms with Gasteiger partial charge in [0.25, 0.3) is 0 Å². The molecule has 1 rings (SSSR count). The molecule has 0 bridgehead atoms. The fourth-order valence-electron chi connectivity index (χ4n) is 1.35. The van der Waals surface area contributed by atoms with Crippen molar-refractivity contribution in [3.05, 3.63) is 35.9 Å². The van der Waals surface area contributed by atoms with Gasteiger partial charge in [0.1, 0.15) is 24.6 Å². The molecule has 0 aliphatic heterocycles. The molecule has 0 aliphatic carbocycles. The van der Waals surface area contributed by atoms with Crippen LogP contribution in [0, 0.1) is 0 Å². The Bertz CT molecular complexity index is 423. The van der Waals surface area contributed by atoms with E-state index in [9.17, 15) is 14.4 Å². The van der Waals surface area contributed by atoms with E-state index in [0.29, 0.717) is 0 Å². The van der Waals surface area contributed by atoms with E-state index in [1.165, 1.54) is 6.92 Å². The number of Topliss-reactive ketones (excluding diaryl/α,β-unsaturated/α-hetero) is 2. The van der Waals surface area contributed by atoms with Gasteiger partial charge in [0.2, 0.25) is 0 Å². The van der Waals surface area contributed by atoms with E-state index in [-0.39, 0.29) is 37.4 Å². The van der Waals surface area contributed by atoms with Crippen molar-refractivity contribution in [2.24, 2.45) is 0 Å². The quantitative estimate of drug-likeness (QED) is 0.547. The highest BCUT2D eigenvalue weighted by Gasteiger charge is 2.11. The van der Waals surface area contributed by atoms with Gasteiger partial charge in [-0.15, -0.1) is 0 Å². The van der Waals surface area contributed by atoms with Crippen molar-refractivity contribution in [3.63, 3.8) is 0 Å². The van der Waals surface area contributed by atoms with Crippen molar-refractivity contribution >= 4 is 17.5 Å². The van der Waals surface area contributed by atoms with Crippen LogP contribution in [0.3, 0.4) is 0 Å². The number of carbonyl (C=O) groups excluding carboxylic acids is 3. The summed E-state index contributed by atoms with van der Waals surface area (Å²) < 4.78 is 4.96. The van der Waals surface area contributed by atoms with Crippen LogP contribution >= 0.6 is 0 Å². The summed E-state index contributed by atoms with van der Waals surface area (Å²) in [7, 11) is 0. The highest BCUT2D eigenvalue weighted by molar-refractivity contribution is 5.96. The van der Waals surface area contributed by atoms with Gasteiger partial charge in [-0.05, 0) is 12.5 Å². The topological polar surface area (TPSA) is 60.4 Å². The fourth-order valence-corrected chi connectivity index (χ4v) is 1.35. The molecular weight excluding hydrogens is 232 g/mol. The summed E-state index contributed by atoms with van der Waals surface area (Å²) in [5.74, 6) is -0.864. The van der Waals surface area contributed by atoms with E-state index in [0.717, 1.165) is 5.56 Å². The average Bonchev–Trinajstić information content (AvgIpc) is 2.35. The summed E-state index contributed by atoms with van der Waals surface area (Å²) in [6.45, 7) is 1.58. The molecule has 0 amide bonds. The van der Waals surface area contributed by atoms with Crippen LogP contribution in [-0.2, 0) is 25.7 Å². The molecule has 18 heavy (non-hydrogen) atoms. The lowest BCUT2D eigenvalue weighted by Gasteiger charge is -2.04. The van der Waals surface area contributed by atoms with Gasteiger partial charge in [0.05, 0.1) is 0 Å². The minimum Gasteiger partial charge on any atom is -0.460 e. The zero-order valence-electron chi connectivity index (χ0n) is 10.3. The van der Waals surface area contributed by atoms with Gasteiger partial charge >= 0.3 is 5.97 Å². The molecule has 0 aromatic heterocycles. The average molecular weight is 248 g/mol. The molecule has 0 spiro atoms. The molecule has 4 nitrogen and oxygen atoms in total. The molecule has 96 valence electrons. The van der Waals surface area contributed by atoms with Crippen molar-refractivity contribution < 1.29 is 19.1 Å². The van der Waals surface area contributed by atoms with E-state index in [4.69, 9.17) is 4.74 Å². The summed E-state index contributed by atoms with van der Waals surface area (Å²) >= 11 is 0. The molecule has 0 atom stereocenters. The summed E-state index contributed by atoms with van der Waals surface area (Å²) in [5.41, 5.74) is 0.877. The van der Waals surface area contributed by atoms with Crippen LogP contribution in [-0.4, -0.2) is 17.5 Å². The normalized spacial score (nSPS) is 9.83. The van der Waals surface area contributed by atoms with Crippen LogP contribution in [0.5, 0.6) is 0 Å². The lowest BCUT2D eigenvalue weighted by Crippen LogP contribution is -2.12. The predicted octanol–water partition coefficient (Wildman–Crippen LogP) is 2.06. The number of ether oxygens (including phenoxy) is 1. The number of ketones is 2. The molecule has 0 saturated heterocycles. The maximum atomic E-state index is 11.3. The van der Waals surface area contributed by atoms with E-state index in [2.05, 4.69) is 0 Å². The lowest BCUT2D eigenvalue weighted by molar-refractivity contribution is -0.147. The highest BCUT2D eigenvalue weighted by Crippen LogP contribution is 2.03. The first-order valence-electron chi connectivity index (χ1n) is 5.78. The highest BCUT2D eigenvalue weighted by atomic mass is 16.5. The Morgan fingerprint density at radius 1 is 1.06 bits per heavy atom. The van der Waals surface area contributed by atoms with Crippen LogP contribution in [0.2, 0.25) is 0 Å². The molecule has 0 unspecified atom stereocenters. The molecule has 0 N–H and O–H groups in total. The smallest absolute Gasteiger partial charge is 0.313 e. The van der Waals surface area contributed by atoms with Crippen LogP contribution in [0.15, 0.2) is 30.3 Å². The van der Waals surface area contributed by atoms with Crippen molar-refractivity contribution in [3.8, 4) is 0 Å². The first-order chi connectivity index (χ1) is 8.58. The summed E-state index contributed by atoms with van der Waals surface area (Å²) in [4.78, 5) is 33.3. The van der Waals surface area contributed by atoms with Crippen molar-refractivity contribution in [2.45, 2.75) is 32.8 Å². The van der Waals surface area contributed by atoms with Crippen LogP contribution in [0.4, 0.5) is 0 Å². The molecule has 1 aromatic rings. The summed E-state index contributed by atoms with van der Waals surface area (Å²) in [5, 5.41) is 0. The third kappa shape index (κ3) is 5.94. The maximum Gasteiger partial charge on any atom is 0.313 e. The number of esters is 1. The van der Waals surface area contributed by atoms with Gasteiger partial charge in [-0.2, -0.15) is 0 Å². The Morgan fingerprint density at radius 3 is 2.33 bits per heavy atom. The van der Waals surface area contributed by atoms with Crippen molar-refractivity contribution in [2.75, 3.05) is 0 Å². The molecule has 0 radical (unpaired) electrons. The van der Waals surface area contributed by atoms with Crippen molar-refractivity contribution in [1.82, 2.24) is 0 Å². The Hall–Kier alpha value is -1.97. The third-order valence-corrected chi connectivity index (χ3v) is 2.34. The molecule has 0 aliphatic rings. The number of hydrogen-bond acceptors (Lipinski definition) is 4. The van der Waals surface area contributed by atoms with Gasteiger partial charge in [0.15, 0.2) is 0 Å². The second kappa shape index (κ2) is 7.37. The standard InChI is InChI=1S/C14H16O4/c1-11(15)7-8-13(16)9-14(17)18-10-12-5-3-2-4-6-12/h2-6H,7-10H2,1H3. The zero-order valence-corrected chi connectivity index (χ0v) is 10.3. The predicted molar refractivity (Wildman–Crippen MR) is 65.8 cm³/mol. The molecule has 0 heterocycles. The van der Waals surface area contributed by atoms with Gasteiger partial charge in [-0.1, -0.05) is 30.3 Å². The minimum atomic E-state index is -0.549.